The second kappa shape index (κ2) is 12.3. The zero-order valence-electron chi connectivity index (χ0n) is 18.1. The molecule has 1 aromatic heterocycles. The molecular formula is C20H31F3IN5O2. The monoisotopic (exact) mass is 557 g/mol. The normalized spacial score (nSPS) is 15.7. The summed E-state index contributed by atoms with van der Waals surface area (Å²) in [5.41, 5.74) is -1.39. The Morgan fingerprint density at radius 2 is 1.97 bits per heavy atom. The van der Waals surface area contributed by atoms with E-state index in [2.05, 4.69) is 20.6 Å². The maximum atomic E-state index is 13.0. The molecule has 31 heavy (non-hydrogen) atoms. The molecule has 1 aliphatic carbocycles. The molecule has 2 rings (SSSR count). The third-order valence-electron chi connectivity index (χ3n) is 5.01. The molecule has 1 saturated carbocycles. The fourth-order valence-corrected chi connectivity index (χ4v) is 3.58. The van der Waals surface area contributed by atoms with Crippen LogP contribution in [0.1, 0.15) is 38.2 Å². The van der Waals surface area contributed by atoms with Gasteiger partial charge >= 0.3 is 6.18 Å². The van der Waals surface area contributed by atoms with Gasteiger partial charge in [-0.15, -0.1) is 24.0 Å². The van der Waals surface area contributed by atoms with Crippen LogP contribution >= 0.6 is 24.0 Å². The van der Waals surface area contributed by atoms with Crippen molar-refractivity contribution in [2.24, 2.45) is 10.4 Å². The minimum absolute atomic E-state index is 0. The van der Waals surface area contributed by atoms with Crippen LogP contribution in [0.3, 0.4) is 0 Å². The summed E-state index contributed by atoms with van der Waals surface area (Å²) in [4.78, 5) is 22.5. The first-order valence-electron chi connectivity index (χ1n) is 10.1. The van der Waals surface area contributed by atoms with Gasteiger partial charge in [0.05, 0.1) is 18.5 Å². The first-order valence-corrected chi connectivity index (χ1v) is 10.1. The number of nitrogens with zero attached hydrogens (tertiary/aromatic N) is 3. The highest BCUT2D eigenvalue weighted by atomic mass is 127. The van der Waals surface area contributed by atoms with Crippen molar-refractivity contribution in [3.8, 4) is 5.88 Å². The molecule has 0 unspecified atom stereocenters. The van der Waals surface area contributed by atoms with Crippen molar-refractivity contribution >= 4 is 35.8 Å². The second-order valence-electron chi connectivity index (χ2n) is 7.51. The smallest absolute Gasteiger partial charge is 0.421 e. The average molecular weight is 557 g/mol. The Bertz CT molecular complexity index is 738. The Hall–Kier alpha value is -1.79. The zero-order chi connectivity index (χ0) is 22.2. The Morgan fingerprint density at radius 3 is 2.55 bits per heavy atom. The Kier molecular flexibility index (Phi) is 10.8. The standard InChI is InChI=1S/C20H30F3N5O2.HI/c1-4-24-18(27-14-19(9-5-6-10-19)17(29)28(2)3)26-12-13-30-16-15(20(21,22)23)8-7-11-25-16;/h7-8,11H,4-6,9-10,12-14H2,1-3H3,(H2,24,26,27);1H. The predicted octanol–water partition coefficient (Wildman–Crippen LogP) is 3.30. The third kappa shape index (κ3) is 7.69. The lowest BCUT2D eigenvalue weighted by Gasteiger charge is -2.29. The number of aromatic nitrogens is 1. The molecule has 1 aromatic rings. The van der Waals surface area contributed by atoms with Crippen LogP contribution in [0.5, 0.6) is 5.88 Å². The van der Waals surface area contributed by atoms with E-state index in [9.17, 15) is 18.0 Å². The SMILES string of the molecule is CCNC(=NCC1(C(=O)N(C)C)CCCC1)NCCOc1ncccc1C(F)(F)F.I. The van der Waals surface area contributed by atoms with Crippen molar-refractivity contribution < 1.29 is 22.7 Å². The van der Waals surface area contributed by atoms with Crippen molar-refractivity contribution in [2.45, 2.75) is 38.8 Å². The van der Waals surface area contributed by atoms with Crippen LogP contribution in [0.15, 0.2) is 23.3 Å². The number of alkyl halides is 3. The Morgan fingerprint density at radius 1 is 1.29 bits per heavy atom. The number of nitrogens with one attached hydrogen (secondary N) is 2. The molecular weight excluding hydrogens is 526 g/mol. The minimum Gasteiger partial charge on any atom is -0.475 e. The third-order valence-corrected chi connectivity index (χ3v) is 5.01. The highest BCUT2D eigenvalue weighted by Gasteiger charge is 2.42. The molecule has 1 heterocycles. The van der Waals surface area contributed by atoms with Gasteiger partial charge in [-0.2, -0.15) is 13.2 Å². The minimum atomic E-state index is -4.53. The van der Waals surface area contributed by atoms with Gasteiger partial charge in [0.2, 0.25) is 11.8 Å². The maximum Gasteiger partial charge on any atom is 0.421 e. The van der Waals surface area contributed by atoms with Crippen LogP contribution in [0.4, 0.5) is 13.2 Å². The molecule has 1 amide bonds. The lowest BCUT2D eigenvalue weighted by molar-refractivity contribution is -0.139. The molecule has 0 aromatic carbocycles. The predicted molar refractivity (Wildman–Crippen MR) is 124 cm³/mol. The highest BCUT2D eigenvalue weighted by molar-refractivity contribution is 14.0. The van der Waals surface area contributed by atoms with Crippen LogP contribution in [-0.4, -0.2) is 62.1 Å². The summed E-state index contributed by atoms with van der Waals surface area (Å²) >= 11 is 0. The summed E-state index contributed by atoms with van der Waals surface area (Å²) in [5.74, 6) is 0.129. The highest BCUT2D eigenvalue weighted by Crippen LogP contribution is 2.39. The first-order chi connectivity index (χ1) is 14.2. The van der Waals surface area contributed by atoms with Gasteiger partial charge in [-0.05, 0) is 31.9 Å². The summed E-state index contributed by atoms with van der Waals surface area (Å²) in [7, 11) is 3.50. The quantitative estimate of drug-likeness (QED) is 0.222. The van der Waals surface area contributed by atoms with E-state index >= 15 is 0 Å². The van der Waals surface area contributed by atoms with Gasteiger partial charge in [0.25, 0.3) is 0 Å². The van der Waals surface area contributed by atoms with E-state index < -0.39 is 23.0 Å². The molecule has 1 fully saturated rings. The molecule has 1 aliphatic rings. The average Bonchev–Trinajstić information content (AvgIpc) is 3.18. The first kappa shape index (κ1) is 27.2. The van der Waals surface area contributed by atoms with Gasteiger partial charge in [0.1, 0.15) is 12.2 Å². The van der Waals surface area contributed by atoms with Crippen LogP contribution in [-0.2, 0) is 11.0 Å². The van der Waals surface area contributed by atoms with Gasteiger partial charge in [-0.1, -0.05) is 12.8 Å². The van der Waals surface area contributed by atoms with Crippen molar-refractivity contribution in [3.63, 3.8) is 0 Å². The van der Waals surface area contributed by atoms with Crippen molar-refractivity contribution in [2.75, 3.05) is 40.3 Å². The van der Waals surface area contributed by atoms with Crippen LogP contribution in [0.25, 0.3) is 0 Å². The molecule has 0 spiro atoms. The second-order valence-corrected chi connectivity index (χ2v) is 7.51. The summed E-state index contributed by atoms with van der Waals surface area (Å²) in [5, 5.41) is 6.13. The van der Waals surface area contributed by atoms with E-state index in [0.717, 1.165) is 31.7 Å². The van der Waals surface area contributed by atoms with E-state index in [1.54, 1.807) is 19.0 Å². The van der Waals surface area contributed by atoms with E-state index in [1.165, 1.54) is 12.3 Å². The number of ether oxygens (including phenoxy) is 1. The van der Waals surface area contributed by atoms with Crippen molar-refractivity contribution in [3.05, 3.63) is 23.9 Å². The number of hydrogen-bond donors (Lipinski definition) is 2. The number of pyridine rings is 1. The molecule has 2 N–H and O–H groups in total. The van der Waals surface area contributed by atoms with Crippen molar-refractivity contribution in [1.82, 2.24) is 20.5 Å². The molecule has 11 heteroatoms. The maximum absolute atomic E-state index is 13.0. The van der Waals surface area contributed by atoms with Gasteiger partial charge in [0.15, 0.2) is 5.96 Å². The van der Waals surface area contributed by atoms with Crippen molar-refractivity contribution in [1.29, 1.82) is 0 Å². The molecule has 0 saturated heterocycles. The molecule has 0 atom stereocenters. The van der Waals surface area contributed by atoms with Crippen LogP contribution < -0.4 is 15.4 Å². The van der Waals surface area contributed by atoms with Gasteiger partial charge in [0, 0.05) is 26.8 Å². The topological polar surface area (TPSA) is 78.9 Å². The largest absolute Gasteiger partial charge is 0.475 e. The summed E-state index contributed by atoms with van der Waals surface area (Å²) in [6.07, 6.45) is 0.331. The lowest BCUT2D eigenvalue weighted by Crippen LogP contribution is -2.43. The molecule has 0 radical (unpaired) electrons. The zero-order valence-corrected chi connectivity index (χ0v) is 20.4. The number of amides is 1. The Balaban J connectivity index is 0.00000480. The summed E-state index contributed by atoms with van der Waals surface area (Å²) in [6.45, 7) is 3.09. The number of aliphatic imine (C=N–C) groups is 1. The number of rotatable bonds is 8. The molecule has 176 valence electrons. The number of carbonyl (C=O) groups excluding carboxylic acids is 1. The van der Waals surface area contributed by atoms with Gasteiger partial charge < -0.3 is 20.3 Å². The van der Waals surface area contributed by atoms with Crippen LogP contribution in [0.2, 0.25) is 0 Å². The fraction of sp³-hybridized carbons (Fsp3) is 0.650. The number of hydrogen-bond acceptors (Lipinski definition) is 4. The van der Waals surface area contributed by atoms with Gasteiger partial charge in [-0.25, -0.2) is 4.98 Å². The lowest BCUT2D eigenvalue weighted by atomic mass is 9.85. The summed E-state index contributed by atoms with van der Waals surface area (Å²) < 4.78 is 44.2. The molecule has 0 bridgehead atoms. The van der Waals surface area contributed by atoms with E-state index in [-0.39, 0.29) is 43.0 Å². The number of halogens is 4. The van der Waals surface area contributed by atoms with Crippen LogP contribution in [0, 0.1) is 5.41 Å². The van der Waals surface area contributed by atoms with E-state index in [4.69, 9.17) is 4.74 Å². The number of guanidine groups is 1. The Labute approximate surface area is 198 Å². The van der Waals surface area contributed by atoms with E-state index in [0.29, 0.717) is 19.0 Å². The number of carbonyl (C=O) groups is 1. The molecule has 0 aliphatic heterocycles. The fourth-order valence-electron chi connectivity index (χ4n) is 3.58. The summed E-state index contributed by atoms with van der Waals surface area (Å²) in [6, 6.07) is 2.15. The van der Waals surface area contributed by atoms with Gasteiger partial charge in [-0.3, -0.25) is 9.79 Å². The molecule has 7 nitrogen and oxygen atoms in total. The van der Waals surface area contributed by atoms with E-state index in [1.807, 2.05) is 6.92 Å².